The van der Waals surface area contributed by atoms with Crippen LogP contribution in [0.2, 0.25) is 0 Å². The van der Waals surface area contributed by atoms with Gasteiger partial charge >= 0.3 is 5.97 Å². The van der Waals surface area contributed by atoms with Crippen molar-refractivity contribution in [3.8, 4) is 44.5 Å². The summed E-state index contributed by atoms with van der Waals surface area (Å²) in [4.78, 5) is 14.4. The third-order valence-electron chi connectivity index (χ3n) is 22.3. The van der Waals surface area contributed by atoms with Crippen molar-refractivity contribution < 1.29 is 14.6 Å². The van der Waals surface area contributed by atoms with E-state index < -0.39 is 5.60 Å². The molecule has 20 rings (SSSR count). The van der Waals surface area contributed by atoms with Crippen molar-refractivity contribution in [3.63, 3.8) is 0 Å². The van der Waals surface area contributed by atoms with E-state index in [2.05, 4.69) is 422 Å². The third kappa shape index (κ3) is 18.3. The monoisotopic (exact) mass is 1880 g/mol. The average molecular weight is 1880 g/mol. The van der Waals surface area contributed by atoms with Crippen LogP contribution >= 0.6 is 79.6 Å². The van der Waals surface area contributed by atoms with Gasteiger partial charge in [0.05, 0.1) is 24.0 Å². The number of carbonyl (C=O) groups is 1. The highest BCUT2D eigenvalue weighted by atomic mass is 79.9. The van der Waals surface area contributed by atoms with E-state index in [9.17, 15) is 9.90 Å². The van der Waals surface area contributed by atoms with E-state index >= 15 is 0 Å². The minimum atomic E-state index is -0.873. The zero-order valence-electron chi connectivity index (χ0n) is 67.8. The topological polar surface area (TPSA) is 49.8 Å². The van der Waals surface area contributed by atoms with Gasteiger partial charge in [0, 0.05) is 64.1 Å². The van der Waals surface area contributed by atoms with Crippen LogP contribution in [0, 0.1) is 0 Å². The number of para-hydroxylation sites is 2. The summed E-state index contributed by atoms with van der Waals surface area (Å²) in [7, 11) is 1.40. The first-order valence-electron chi connectivity index (χ1n) is 39.8. The van der Waals surface area contributed by atoms with Crippen molar-refractivity contribution in [3.05, 3.63) is 455 Å². The van der Waals surface area contributed by atoms with Gasteiger partial charge in [0.2, 0.25) is 0 Å². The molecule has 3 radical (unpaired) electrons. The number of rotatable bonds is 9. The summed E-state index contributed by atoms with van der Waals surface area (Å²) >= 11 is 18.0. The second kappa shape index (κ2) is 37.7. The van der Waals surface area contributed by atoms with Gasteiger partial charge in [-0.05, 0) is 257 Å². The summed E-state index contributed by atoms with van der Waals surface area (Å²) in [5.74, 6) is -0.328. The molecule has 2 aliphatic carbocycles. The lowest BCUT2D eigenvalue weighted by Crippen LogP contribution is -2.16. The molecular weight excluding hydrogens is 1790 g/mol. The minimum absolute atomic E-state index is 0. The van der Waals surface area contributed by atoms with E-state index in [0.29, 0.717) is 5.56 Å². The Morgan fingerprint density at radius 3 is 1.09 bits per heavy atom. The molecule has 0 atom stereocenters. The Kier molecular flexibility index (Phi) is 26.8. The largest absolute Gasteiger partial charge is 0.465 e. The van der Waals surface area contributed by atoms with Crippen LogP contribution < -0.4 is 4.90 Å². The third-order valence-corrected chi connectivity index (χ3v) is 26.1. The highest BCUT2D eigenvalue weighted by Gasteiger charge is 2.41. The molecule has 0 bridgehead atoms. The van der Waals surface area contributed by atoms with E-state index in [0.717, 1.165) is 62.9 Å². The lowest BCUT2D eigenvalue weighted by atomic mass is 9.80. The SMILES string of the molecule is Brc1cc2ccccc2cc1Br.CC(C)(O)c1ccccc1-c1cc2ccccc2cc1Br.CC1(C)c2ccccc2-c2c(Br)cc3ccccc3c21.CC1(C)c2ccccc2-c2c(N(c3ccccc3)c3ccccc3)cc3ccccc3c21.COC(=O)c1ccccc1-c1cc2ccccc2cc1Br.[B].c1ccc(Cc2ccccc2)cc1. The molecular formula is C110H88BBr5NO3. The first-order chi connectivity index (χ1) is 57.7. The predicted octanol–water partition coefficient (Wildman–Crippen LogP) is 32.3. The first-order valence-corrected chi connectivity index (χ1v) is 43.8. The Morgan fingerprint density at radius 2 is 0.650 bits per heavy atom. The molecule has 589 valence electrons. The number of methoxy groups -OCH3 is 1. The van der Waals surface area contributed by atoms with Crippen LogP contribution in [0.25, 0.3) is 98.4 Å². The number of nitrogens with zero attached hydrogens (tertiary/aromatic N) is 1. The van der Waals surface area contributed by atoms with E-state index in [-0.39, 0.29) is 25.2 Å². The molecule has 0 heterocycles. The van der Waals surface area contributed by atoms with Gasteiger partial charge in [0.1, 0.15) is 0 Å². The molecule has 1 N–H and O–H groups in total. The zero-order chi connectivity index (χ0) is 83.0. The molecule has 4 nitrogen and oxygen atoms in total. The Balaban J connectivity index is 0.000000121. The number of anilines is 3. The predicted molar refractivity (Wildman–Crippen MR) is 527 cm³/mol. The summed E-state index contributed by atoms with van der Waals surface area (Å²) in [6, 6.07) is 135. The van der Waals surface area contributed by atoms with Crippen molar-refractivity contribution in [1.82, 2.24) is 0 Å². The number of hydrogen-bond acceptors (Lipinski definition) is 4. The van der Waals surface area contributed by atoms with E-state index in [1.807, 2.05) is 86.6 Å². The molecule has 120 heavy (non-hydrogen) atoms. The Morgan fingerprint density at radius 1 is 0.333 bits per heavy atom. The summed E-state index contributed by atoms with van der Waals surface area (Å²) < 4.78 is 10.3. The Labute approximate surface area is 748 Å². The second-order valence-electron chi connectivity index (χ2n) is 31.3. The van der Waals surface area contributed by atoms with Crippen LogP contribution in [0.3, 0.4) is 0 Å². The summed E-state index contributed by atoms with van der Waals surface area (Å²) in [6.07, 6.45) is 1.03. The fourth-order valence-corrected chi connectivity index (χ4v) is 19.2. The summed E-state index contributed by atoms with van der Waals surface area (Å²) in [5.41, 5.74) is 22.0. The van der Waals surface area contributed by atoms with Gasteiger partial charge in [-0.3, -0.25) is 0 Å². The smallest absolute Gasteiger partial charge is 0.338 e. The quantitative estimate of drug-likeness (QED) is 0.116. The number of halogens is 5. The van der Waals surface area contributed by atoms with Crippen molar-refractivity contribution >= 4 is 165 Å². The minimum Gasteiger partial charge on any atom is -0.465 e. The number of benzene rings is 18. The molecule has 18 aromatic carbocycles. The van der Waals surface area contributed by atoms with Crippen molar-refractivity contribution in [2.45, 2.75) is 64.4 Å². The number of aliphatic hydroxyl groups is 1. The number of hydrogen-bond donors (Lipinski definition) is 1. The fraction of sp³-hybridized carbons (Fsp3) is 0.100. The van der Waals surface area contributed by atoms with E-state index in [1.54, 1.807) is 6.07 Å². The van der Waals surface area contributed by atoms with Crippen molar-refractivity contribution in [2.24, 2.45) is 0 Å². The van der Waals surface area contributed by atoms with Crippen LogP contribution in [0.1, 0.15) is 90.8 Å². The summed E-state index contributed by atoms with van der Waals surface area (Å²) in [6.45, 7) is 13.0. The van der Waals surface area contributed by atoms with Gasteiger partial charge in [0.25, 0.3) is 0 Å². The van der Waals surface area contributed by atoms with Gasteiger partial charge in [-0.25, -0.2) is 4.79 Å². The van der Waals surface area contributed by atoms with Gasteiger partial charge in [-0.15, -0.1) is 0 Å². The zero-order valence-corrected chi connectivity index (χ0v) is 75.8. The highest BCUT2D eigenvalue weighted by Crippen LogP contribution is 2.58. The molecule has 0 aromatic heterocycles. The maximum Gasteiger partial charge on any atom is 0.338 e. The maximum atomic E-state index is 11.9. The molecule has 2 aliphatic rings. The lowest BCUT2D eigenvalue weighted by molar-refractivity contribution is 0.0601. The van der Waals surface area contributed by atoms with Crippen LogP contribution in [0.4, 0.5) is 17.1 Å². The highest BCUT2D eigenvalue weighted by molar-refractivity contribution is 9.13. The number of carbonyl (C=O) groups excluding carboxylic acids is 1. The average Bonchev–Trinajstić information content (AvgIpc) is 1.55. The van der Waals surface area contributed by atoms with Crippen molar-refractivity contribution in [2.75, 3.05) is 12.0 Å². The molecule has 10 heteroatoms. The van der Waals surface area contributed by atoms with E-state index in [1.165, 1.54) is 127 Å². The van der Waals surface area contributed by atoms with Gasteiger partial charge in [-0.2, -0.15) is 0 Å². The first kappa shape index (κ1) is 85.4. The van der Waals surface area contributed by atoms with Gasteiger partial charge in [0.15, 0.2) is 0 Å². The Bertz CT molecular complexity index is 6590. The summed E-state index contributed by atoms with van der Waals surface area (Å²) in [5, 5.41) is 22.9. The molecule has 0 saturated carbocycles. The lowest BCUT2D eigenvalue weighted by Gasteiger charge is -2.30. The van der Waals surface area contributed by atoms with Gasteiger partial charge in [-0.1, -0.05) is 385 Å². The molecule has 0 amide bonds. The van der Waals surface area contributed by atoms with Gasteiger partial charge < -0.3 is 14.7 Å². The molecule has 0 fully saturated rings. The second-order valence-corrected chi connectivity index (χ2v) is 35.6. The van der Waals surface area contributed by atoms with Crippen LogP contribution in [-0.4, -0.2) is 26.6 Å². The normalized spacial score (nSPS) is 12.2. The van der Waals surface area contributed by atoms with Crippen molar-refractivity contribution in [1.29, 1.82) is 0 Å². The maximum absolute atomic E-state index is 11.9. The molecule has 18 aromatic rings. The molecule has 0 aliphatic heterocycles. The number of ether oxygens (including phenoxy) is 1. The Hall–Kier alpha value is -11.0. The fourth-order valence-electron chi connectivity index (χ4n) is 16.7. The van der Waals surface area contributed by atoms with Crippen LogP contribution in [-0.2, 0) is 27.6 Å². The van der Waals surface area contributed by atoms with Crippen LogP contribution in [0.5, 0.6) is 0 Å². The molecule has 0 spiro atoms. The van der Waals surface area contributed by atoms with Crippen LogP contribution in [0.15, 0.2) is 411 Å². The standard InChI is InChI=1S/C31H25N.C19H17BrO.C19H15Br.C18H13BrO2.C13H12.C10H6Br2.B/c1-31(2)27-20-12-11-19-26(27)29-28(21-22-13-9-10-18-25(22)30(29)31)32(23-14-5-3-6-15-23)24-16-7-4-8-17-24;1-19(2,21)17-10-6-5-9-15(17)16-11-13-7-3-4-8-14(13)12-18(16)20;1-19(2)15-10-6-5-9-14(15)17-16(20)11-12-7-3-4-8-13(12)18(17)19;1-21-18(20)15-9-5-4-8-14(15)16-10-12-6-2-3-7-13(12)11-17(16)19;1-3-7-12(8-4-1)11-13-9-5-2-6-10-13;11-9-5-7-3-1-2-4-8(7)6-10(9)12;/h3-21H,1-2H3;3-12,21H,1-2H3;3-11H,1-2H3;2-11H,1H3;1-10H,11H2;1-6H;. The van der Waals surface area contributed by atoms with E-state index in [4.69, 9.17) is 4.74 Å². The molecule has 0 saturated heterocycles. The molecule has 0 unspecified atom stereocenters. The number of esters is 1. The number of fused-ring (bicyclic) bond motifs is 13.